The molecule has 154 valence electrons. The van der Waals surface area contributed by atoms with Gasteiger partial charge in [-0.05, 0) is 60.9 Å². The van der Waals surface area contributed by atoms with E-state index in [0.717, 1.165) is 44.2 Å². The molecule has 3 rings (SSSR count). The molecule has 1 aromatic carbocycles. The summed E-state index contributed by atoms with van der Waals surface area (Å²) in [5.74, 6) is 2.32. The van der Waals surface area contributed by atoms with Crippen molar-refractivity contribution in [2.45, 2.75) is 52.6 Å². The van der Waals surface area contributed by atoms with Gasteiger partial charge in [-0.1, -0.05) is 20.8 Å². The van der Waals surface area contributed by atoms with Crippen molar-refractivity contribution < 1.29 is 4.74 Å². The van der Waals surface area contributed by atoms with Gasteiger partial charge in [0.15, 0.2) is 5.82 Å². The number of tetrazole rings is 1. The summed E-state index contributed by atoms with van der Waals surface area (Å²) in [6.07, 6.45) is 0.987. The summed E-state index contributed by atoms with van der Waals surface area (Å²) < 4.78 is 7.31. The minimum Gasteiger partial charge on any atom is -0.497 e. The molecule has 1 saturated heterocycles. The second-order valence-corrected chi connectivity index (χ2v) is 8.52. The molecule has 1 aliphatic heterocycles. The highest BCUT2D eigenvalue weighted by Crippen LogP contribution is 2.32. The predicted octanol–water partition coefficient (Wildman–Crippen LogP) is 3.35. The Morgan fingerprint density at radius 3 is 2.25 bits per heavy atom. The first-order valence-corrected chi connectivity index (χ1v) is 10.3. The SMILES string of the molecule is CCC(C)(C)n1nnnc1C(C(C)C)N1CCN(c2ccc(OC)cc2)CC1. The van der Waals surface area contributed by atoms with Gasteiger partial charge in [0.05, 0.1) is 18.7 Å². The van der Waals surface area contributed by atoms with E-state index >= 15 is 0 Å². The zero-order valence-corrected chi connectivity index (χ0v) is 18.1. The summed E-state index contributed by atoms with van der Waals surface area (Å²) in [7, 11) is 1.70. The molecular weight excluding hydrogens is 352 g/mol. The standard InChI is InChI=1S/C21H34N6O/c1-7-21(4,5)27-20(22-23-24-27)19(16(2)3)26-14-12-25(13-15-26)17-8-10-18(28-6)11-9-17/h8-11,16,19H,7,12-15H2,1-6H3. The molecule has 1 atom stereocenters. The lowest BCUT2D eigenvalue weighted by Crippen LogP contribution is -2.49. The van der Waals surface area contributed by atoms with Crippen LogP contribution in [0.4, 0.5) is 5.69 Å². The zero-order chi connectivity index (χ0) is 20.3. The smallest absolute Gasteiger partial charge is 0.169 e. The van der Waals surface area contributed by atoms with Crippen molar-refractivity contribution in [3.05, 3.63) is 30.1 Å². The summed E-state index contributed by atoms with van der Waals surface area (Å²) >= 11 is 0. The number of aromatic nitrogens is 4. The monoisotopic (exact) mass is 386 g/mol. The lowest BCUT2D eigenvalue weighted by molar-refractivity contribution is 0.126. The van der Waals surface area contributed by atoms with E-state index in [-0.39, 0.29) is 11.6 Å². The molecule has 2 heterocycles. The third kappa shape index (κ3) is 4.14. The first kappa shape index (κ1) is 20.6. The molecule has 0 aliphatic carbocycles. The van der Waals surface area contributed by atoms with Crippen LogP contribution in [-0.2, 0) is 5.54 Å². The van der Waals surface area contributed by atoms with Gasteiger partial charge >= 0.3 is 0 Å². The van der Waals surface area contributed by atoms with Crippen LogP contribution in [0, 0.1) is 5.92 Å². The fourth-order valence-corrected chi connectivity index (χ4v) is 3.89. The highest BCUT2D eigenvalue weighted by atomic mass is 16.5. The Hall–Kier alpha value is -2.15. The summed E-state index contributed by atoms with van der Waals surface area (Å²) in [4.78, 5) is 4.98. The average Bonchev–Trinajstić information content (AvgIpc) is 3.19. The lowest BCUT2D eigenvalue weighted by atomic mass is 9.97. The number of hydrogen-bond donors (Lipinski definition) is 0. The van der Waals surface area contributed by atoms with Gasteiger partial charge in [-0.15, -0.1) is 5.10 Å². The van der Waals surface area contributed by atoms with Gasteiger partial charge in [0.1, 0.15) is 5.75 Å². The summed E-state index contributed by atoms with van der Waals surface area (Å²) in [6.45, 7) is 15.1. The Morgan fingerprint density at radius 2 is 1.71 bits per heavy atom. The Labute approximate surface area is 168 Å². The van der Waals surface area contributed by atoms with Gasteiger partial charge in [0.2, 0.25) is 0 Å². The van der Waals surface area contributed by atoms with Gasteiger partial charge < -0.3 is 9.64 Å². The number of rotatable bonds is 7. The Bertz CT molecular complexity index is 747. The summed E-state index contributed by atoms with van der Waals surface area (Å²) in [5.41, 5.74) is 1.16. The van der Waals surface area contributed by atoms with E-state index < -0.39 is 0 Å². The van der Waals surface area contributed by atoms with E-state index in [2.05, 4.69) is 72.1 Å². The molecular formula is C21H34N6O. The van der Waals surface area contributed by atoms with Crippen LogP contribution in [0.25, 0.3) is 0 Å². The maximum absolute atomic E-state index is 5.27. The van der Waals surface area contributed by atoms with Crippen LogP contribution < -0.4 is 9.64 Å². The predicted molar refractivity (Wildman–Crippen MR) is 112 cm³/mol. The highest BCUT2D eigenvalue weighted by molar-refractivity contribution is 5.49. The molecule has 1 aliphatic rings. The van der Waals surface area contributed by atoms with Crippen molar-refractivity contribution in [2.75, 3.05) is 38.2 Å². The summed E-state index contributed by atoms with van der Waals surface area (Å²) in [5, 5.41) is 12.8. The van der Waals surface area contributed by atoms with Crippen LogP contribution in [0.2, 0.25) is 0 Å². The Kier molecular flexibility index (Phi) is 6.23. The third-order valence-electron chi connectivity index (χ3n) is 5.97. The molecule has 0 radical (unpaired) electrons. The third-order valence-corrected chi connectivity index (χ3v) is 5.97. The first-order valence-electron chi connectivity index (χ1n) is 10.3. The molecule has 0 amide bonds. The van der Waals surface area contributed by atoms with Crippen LogP contribution >= 0.6 is 0 Å². The molecule has 1 unspecified atom stereocenters. The van der Waals surface area contributed by atoms with E-state index in [0.29, 0.717) is 5.92 Å². The fraction of sp³-hybridized carbons (Fsp3) is 0.667. The average molecular weight is 387 g/mol. The highest BCUT2D eigenvalue weighted by Gasteiger charge is 2.34. The van der Waals surface area contributed by atoms with Crippen molar-refractivity contribution in [3.63, 3.8) is 0 Å². The molecule has 0 spiro atoms. The van der Waals surface area contributed by atoms with Crippen LogP contribution in [-0.4, -0.2) is 58.4 Å². The van der Waals surface area contributed by atoms with E-state index in [9.17, 15) is 0 Å². The van der Waals surface area contributed by atoms with Crippen molar-refractivity contribution in [1.29, 1.82) is 0 Å². The minimum absolute atomic E-state index is 0.0864. The second kappa shape index (κ2) is 8.47. The largest absolute Gasteiger partial charge is 0.497 e. The topological polar surface area (TPSA) is 59.3 Å². The number of methoxy groups -OCH3 is 1. The zero-order valence-electron chi connectivity index (χ0n) is 18.1. The van der Waals surface area contributed by atoms with E-state index in [1.54, 1.807) is 7.11 Å². The van der Waals surface area contributed by atoms with Gasteiger partial charge in [0.25, 0.3) is 0 Å². The van der Waals surface area contributed by atoms with E-state index in [1.807, 2.05) is 16.8 Å². The van der Waals surface area contributed by atoms with Crippen molar-refractivity contribution in [1.82, 2.24) is 25.1 Å². The Morgan fingerprint density at radius 1 is 1.07 bits per heavy atom. The van der Waals surface area contributed by atoms with Crippen molar-refractivity contribution >= 4 is 5.69 Å². The van der Waals surface area contributed by atoms with Crippen molar-refractivity contribution in [2.24, 2.45) is 5.92 Å². The maximum atomic E-state index is 5.27. The number of anilines is 1. The van der Waals surface area contributed by atoms with Crippen LogP contribution in [0.1, 0.15) is 52.9 Å². The number of benzene rings is 1. The van der Waals surface area contributed by atoms with Gasteiger partial charge in [-0.3, -0.25) is 4.90 Å². The minimum atomic E-state index is -0.0864. The van der Waals surface area contributed by atoms with Crippen LogP contribution in [0.3, 0.4) is 0 Å². The van der Waals surface area contributed by atoms with E-state index in [1.165, 1.54) is 5.69 Å². The molecule has 0 saturated carbocycles. The molecule has 7 heteroatoms. The Balaban J connectivity index is 1.74. The fourth-order valence-electron chi connectivity index (χ4n) is 3.89. The van der Waals surface area contributed by atoms with E-state index in [4.69, 9.17) is 4.74 Å². The molecule has 28 heavy (non-hydrogen) atoms. The van der Waals surface area contributed by atoms with Gasteiger partial charge in [-0.2, -0.15) is 0 Å². The second-order valence-electron chi connectivity index (χ2n) is 8.52. The van der Waals surface area contributed by atoms with Gasteiger partial charge in [-0.25, -0.2) is 4.68 Å². The number of piperazine rings is 1. The van der Waals surface area contributed by atoms with Crippen LogP contribution in [0.5, 0.6) is 5.75 Å². The number of hydrogen-bond acceptors (Lipinski definition) is 6. The quantitative estimate of drug-likeness (QED) is 0.727. The molecule has 1 aromatic heterocycles. The molecule has 0 bridgehead atoms. The number of nitrogens with zero attached hydrogens (tertiary/aromatic N) is 6. The molecule has 2 aromatic rings. The normalized spacial score (nSPS) is 17.2. The molecule has 7 nitrogen and oxygen atoms in total. The molecule has 0 N–H and O–H groups in total. The van der Waals surface area contributed by atoms with Crippen molar-refractivity contribution in [3.8, 4) is 5.75 Å². The first-order chi connectivity index (χ1) is 13.4. The van der Waals surface area contributed by atoms with Crippen LogP contribution in [0.15, 0.2) is 24.3 Å². The van der Waals surface area contributed by atoms with Gasteiger partial charge in [0, 0.05) is 31.9 Å². The maximum Gasteiger partial charge on any atom is 0.169 e. The molecule has 1 fully saturated rings. The lowest BCUT2D eigenvalue weighted by Gasteiger charge is -2.41. The summed E-state index contributed by atoms with van der Waals surface area (Å²) in [6, 6.07) is 8.55. The number of ether oxygens (including phenoxy) is 1.